The number of nitrogens with two attached hydrogens (primary N) is 1. The van der Waals surface area contributed by atoms with E-state index in [4.69, 9.17) is 16.1 Å². The van der Waals surface area contributed by atoms with Gasteiger partial charge in [0.1, 0.15) is 26.9 Å². The molecule has 0 fully saturated rings. The maximum Gasteiger partial charge on any atom is 0.373 e. The Labute approximate surface area is 241 Å². The van der Waals surface area contributed by atoms with Gasteiger partial charge in [0.05, 0.1) is 22.3 Å². The van der Waals surface area contributed by atoms with E-state index in [2.05, 4.69) is 45.0 Å². The third-order valence-corrected chi connectivity index (χ3v) is 7.49. The summed E-state index contributed by atoms with van der Waals surface area (Å²) in [4.78, 5) is 11.0. The number of aromatic amines is 1. The Kier molecular flexibility index (Phi) is 8.55. The molecule has 4 rings (SSSR count). The Hall–Kier alpha value is -4.82. The molecule has 0 aliphatic rings. The number of H-pyrrole nitrogens is 1. The first-order chi connectivity index (χ1) is 20.1. The number of nitrogens with zero attached hydrogens (tertiary/aromatic N) is 6. The van der Waals surface area contributed by atoms with E-state index in [0.717, 1.165) is 24.3 Å². The first-order valence-electron chi connectivity index (χ1n) is 10.7. The maximum atomic E-state index is 12.1. The lowest BCUT2D eigenvalue weighted by Crippen LogP contribution is -2.00. The fraction of sp³-hybridized carbons (Fsp3) is 0. The minimum absolute atomic E-state index is 0.0596. The van der Waals surface area contributed by atoms with Crippen LogP contribution in [0.2, 0.25) is 0 Å². The van der Waals surface area contributed by atoms with Gasteiger partial charge in [-0.3, -0.25) is 14.1 Å². The normalized spacial score (nSPS) is 12.5. The lowest BCUT2D eigenvalue weighted by molar-refractivity contribution is -0.432. The van der Waals surface area contributed by atoms with Gasteiger partial charge in [-0.2, -0.15) is 16.8 Å². The number of rotatable bonds is 10. The van der Waals surface area contributed by atoms with E-state index >= 15 is 0 Å². The monoisotopic (exact) mass is 658 g/mol. The third-order valence-electron chi connectivity index (χ3n) is 5.12. The van der Waals surface area contributed by atoms with E-state index in [1.807, 2.05) is 0 Å². The number of aromatic nitrogens is 3. The van der Waals surface area contributed by atoms with Crippen LogP contribution in [0.1, 0.15) is 10.6 Å². The average Bonchev–Trinajstić information content (AvgIpc) is 3.39. The van der Waals surface area contributed by atoms with Crippen molar-refractivity contribution in [1.29, 1.82) is 0 Å². The molecule has 0 aliphatic heterocycles. The molecule has 0 aliphatic carbocycles. The van der Waals surface area contributed by atoms with Crippen molar-refractivity contribution in [2.24, 2.45) is 20.5 Å². The van der Waals surface area contributed by atoms with Gasteiger partial charge in [-0.1, -0.05) is 5.04 Å². The minimum atomic E-state index is -5.15. The van der Waals surface area contributed by atoms with E-state index in [9.17, 15) is 40.9 Å². The Bertz CT molecular complexity index is 2050. The molecule has 0 saturated carbocycles. The van der Waals surface area contributed by atoms with Crippen molar-refractivity contribution in [3.63, 3.8) is 0 Å². The van der Waals surface area contributed by atoms with Crippen molar-refractivity contribution in [2.45, 2.75) is 14.7 Å². The highest BCUT2D eigenvalue weighted by Crippen LogP contribution is 2.51. The van der Waals surface area contributed by atoms with Crippen LogP contribution in [0.3, 0.4) is 0 Å². The van der Waals surface area contributed by atoms with Crippen molar-refractivity contribution in [1.82, 2.24) is 15.2 Å². The largest absolute Gasteiger partial charge is 0.505 e. The quantitative estimate of drug-likeness (QED) is 0.0302. The number of nitrogens with one attached hydrogen (secondary N) is 1. The first-order valence-corrected chi connectivity index (χ1v) is 14.3. The van der Waals surface area contributed by atoms with Gasteiger partial charge in [0, 0.05) is 5.69 Å². The summed E-state index contributed by atoms with van der Waals surface area (Å²) in [6.07, 6.45) is 0. The van der Waals surface area contributed by atoms with Crippen molar-refractivity contribution in [2.75, 3.05) is 5.73 Å². The third kappa shape index (κ3) is 6.65. The summed E-state index contributed by atoms with van der Waals surface area (Å²) in [5, 5.41) is 63.2. The predicted molar refractivity (Wildman–Crippen MR) is 140 cm³/mol. The standard InChI is InChI=1S/C19H14N8O13S3/c20-7-1-2-8(10(5-7)42(33,34)35)22-23-13-9(41-40-39-32)3-6-4-11(43(36,37)38)14(16(29)12(6)15(13)28)24-26-19-21-17(18(30)31)25-27-19/h1-5,28-29,32H,20H2,(H,30,31)(H,21,25,27)(H,33,34,35)(H,36,37,38)/b23-22+,26-24+. The van der Waals surface area contributed by atoms with Crippen LogP contribution in [0, 0.1) is 0 Å². The number of hydrogen-bond donors (Lipinski definition) is 8. The molecule has 0 amide bonds. The van der Waals surface area contributed by atoms with E-state index in [1.165, 1.54) is 6.07 Å². The molecule has 1 aromatic heterocycles. The molecular formula is C19H14N8O13S3. The molecule has 21 nitrogen and oxygen atoms in total. The van der Waals surface area contributed by atoms with Crippen LogP contribution in [-0.2, 0) is 29.6 Å². The fourth-order valence-electron chi connectivity index (χ4n) is 3.38. The van der Waals surface area contributed by atoms with E-state index < -0.39 is 81.7 Å². The van der Waals surface area contributed by atoms with E-state index in [0.29, 0.717) is 0 Å². The molecule has 9 N–H and O–H groups in total. The number of carbonyl (C=O) groups is 1. The zero-order chi connectivity index (χ0) is 31.7. The van der Waals surface area contributed by atoms with Gasteiger partial charge in [0.15, 0.2) is 11.5 Å². The van der Waals surface area contributed by atoms with Crippen LogP contribution in [0.4, 0.5) is 28.7 Å². The smallest absolute Gasteiger partial charge is 0.373 e. The number of hydrogen-bond acceptors (Lipinski definition) is 18. The molecule has 43 heavy (non-hydrogen) atoms. The van der Waals surface area contributed by atoms with Crippen LogP contribution in [-0.4, -0.2) is 67.7 Å². The Morgan fingerprint density at radius 1 is 0.907 bits per heavy atom. The SMILES string of the molecule is Nc1ccc(/N=N/c2c(SOOO)cc3cc(S(=O)(=O)O)c(/N=N/c4nnc(C(=O)O)[nH]4)c(O)c3c2O)c(S(=O)(=O)O)c1. The molecule has 4 aromatic rings. The first kappa shape index (κ1) is 31.1. The number of phenols is 2. The number of nitrogen functional groups attached to an aromatic ring is 1. The summed E-state index contributed by atoms with van der Waals surface area (Å²) in [7, 11) is -10.0. The zero-order valence-corrected chi connectivity index (χ0v) is 22.9. The van der Waals surface area contributed by atoms with Gasteiger partial charge in [0.2, 0.25) is 5.82 Å². The highest BCUT2D eigenvalue weighted by molar-refractivity contribution is 7.94. The van der Waals surface area contributed by atoms with Crippen molar-refractivity contribution < 1.29 is 60.7 Å². The molecule has 0 atom stereocenters. The van der Waals surface area contributed by atoms with Gasteiger partial charge in [-0.15, -0.1) is 35.0 Å². The number of aromatic carboxylic acids is 1. The van der Waals surface area contributed by atoms with E-state index in [1.54, 1.807) is 0 Å². The lowest BCUT2D eigenvalue weighted by Gasteiger charge is -2.13. The van der Waals surface area contributed by atoms with Crippen molar-refractivity contribution >= 4 is 77.7 Å². The molecule has 3 aromatic carbocycles. The summed E-state index contributed by atoms with van der Waals surface area (Å²) in [5.41, 5.74) is 3.50. The van der Waals surface area contributed by atoms with Crippen LogP contribution < -0.4 is 5.73 Å². The van der Waals surface area contributed by atoms with Gasteiger partial charge in [0.25, 0.3) is 26.2 Å². The van der Waals surface area contributed by atoms with Crippen LogP contribution in [0.5, 0.6) is 11.5 Å². The molecule has 0 unspecified atom stereocenters. The number of phenolic OH excluding ortho intramolecular Hbond substituents is 2. The number of benzene rings is 3. The molecular weight excluding hydrogens is 644 g/mol. The van der Waals surface area contributed by atoms with Crippen LogP contribution in [0.25, 0.3) is 10.8 Å². The van der Waals surface area contributed by atoms with Gasteiger partial charge in [-0.25, -0.2) is 10.1 Å². The molecule has 226 valence electrons. The summed E-state index contributed by atoms with van der Waals surface area (Å²) in [6, 6.07) is 4.91. The molecule has 0 spiro atoms. The number of anilines is 1. The van der Waals surface area contributed by atoms with Crippen molar-refractivity contribution in [3.05, 3.63) is 36.2 Å². The fourth-order valence-corrected chi connectivity index (χ4v) is 5.19. The van der Waals surface area contributed by atoms with E-state index in [-0.39, 0.29) is 28.0 Å². The summed E-state index contributed by atoms with van der Waals surface area (Å²) in [5.74, 6) is -4.79. The highest BCUT2D eigenvalue weighted by atomic mass is 32.2. The molecule has 0 radical (unpaired) electrons. The number of carboxylic acids is 1. The Balaban J connectivity index is 1.97. The minimum Gasteiger partial charge on any atom is -0.505 e. The van der Waals surface area contributed by atoms with Crippen LogP contribution >= 0.6 is 12.0 Å². The number of carboxylic acid groups (broad SMARTS) is 1. The Morgan fingerprint density at radius 2 is 1.56 bits per heavy atom. The molecule has 0 saturated heterocycles. The second-order valence-corrected chi connectivity index (χ2v) is 11.4. The van der Waals surface area contributed by atoms with Crippen LogP contribution in [0.15, 0.2) is 65.5 Å². The summed E-state index contributed by atoms with van der Waals surface area (Å²) < 4.78 is 71.5. The van der Waals surface area contributed by atoms with Gasteiger partial charge >= 0.3 is 5.97 Å². The second kappa shape index (κ2) is 11.8. The van der Waals surface area contributed by atoms with Gasteiger partial charge < -0.3 is 21.1 Å². The molecule has 0 bridgehead atoms. The molecule has 24 heteroatoms. The topological polar surface area (TPSA) is 342 Å². The Morgan fingerprint density at radius 3 is 2.16 bits per heavy atom. The predicted octanol–water partition coefficient (Wildman–Crippen LogP) is 3.40. The molecule has 1 heterocycles. The number of azo groups is 2. The highest BCUT2D eigenvalue weighted by Gasteiger charge is 2.27. The zero-order valence-electron chi connectivity index (χ0n) is 20.4. The second-order valence-electron chi connectivity index (χ2n) is 7.85. The van der Waals surface area contributed by atoms with Crippen molar-refractivity contribution in [3.8, 4) is 11.5 Å². The van der Waals surface area contributed by atoms with Gasteiger partial charge in [-0.05, 0) is 35.7 Å². The maximum absolute atomic E-state index is 12.1. The summed E-state index contributed by atoms with van der Waals surface area (Å²) >= 11 is 0.183. The average molecular weight is 659 g/mol. The number of fused-ring (bicyclic) bond motifs is 1. The number of aromatic hydroxyl groups is 2. The lowest BCUT2D eigenvalue weighted by atomic mass is 10.1. The summed E-state index contributed by atoms with van der Waals surface area (Å²) in [6.45, 7) is 0.